The summed E-state index contributed by atoms with van der Waals surface area (Å²) in [5.41, 5.74) is 2.37. The fourth-order valence-corrected chi connectivity index (χ4v) is 2.90. The predicted molar refractivity (Wildman–Crippen MR) is 68.2 cm³/mol. The monoisotopic (exact) mass is 249 g/mol. The van der Waals surface area contributed by atoms with E-state index in [2.05, 4.69) is 33.7 Å². The Morgan fingerprint density at radius 3 is 3.18 bits per heavy atom. The first-order valence-electron chi connectivity index (χ1n) is 5.76. The van der Waals surface area contributed by atoms with E-state index in [1.54, 1.807) is 11.3 Å². The van der Waals surface area contributed by atoms with E-state index in [0.29, 0.717) is 0 Å². The van der Waals surface area contributed by atoms with Gasteiger partial charge in [-0.25, -0.2) is 4.98 Å². The van der Waals surface area contributed by atoms with Crippen LogP contribution in [-0.4, -0.2) is 29.7 Å². The van der Waals surface area contributed by atoms with Crippen LogP contribution >= 0.6 is 11.3 Å². The second-order valence-corrected chi connectivity index (χ2v) is 5.09. The molecular formula is C12H15N3OS. The molecular weight excluding hydrogens is 234 g/mol. The van der Waals surface area contributed by atoms with E-state index in [1.165, 1.54) is 10.4 Å². The SMILES string of the molecule is Cc1ccsc1-c1cnc(C2CNCCO2)[nH]1. The molecule has 2 aromatic rings. The highest BCUT2D eigenvalue weighted by molar-refractivity contribution is 7.13. The van der Waals surface area contributed by atoms with Crippen molar-refractivity contribution in [2.24, 2.45) is 0 Å². The Balaban J connectivity index is 1.85. The second kappa shape index (κ2) is 4.60. The minimum absolute atomic E-state index is 0.0535. The van der Waals surface area contributed by atoms with Gasteiger partial charge in [0.05, 0.1) is 23.4 Å². The molecule has 3 rings (SSSR count). The van der Waals surface area contributed by atoms with E-state index in [4.69, 9.17) is 4.74 Å². The normalized spacial score (nSPS) is 20.6. The first-order valence-corrected chi connectivity index (χ1v) is 6.64. The Labute approximate surface area is 104 Å². The van der Waals surface area contributed by atoms with E-state index in [9.17, 15) is 0 Å². The minimum Gasteiger partial charge on any atom is -0.368 e. The summed E-state index contributed by atoms with van der Waals surface area (Å²) in [6, 6.07) is 2.12. The van der Waals surface area contributed by atoms with E-state index < -0.39 is 0 Å². The molecule has 0 aromatic carbocycles. The van der Waals surface area contributed by atoms with Gasteiger partial charge < -0.3 is 15.0 Å². The third-order valence-electron chi connectivity index (χ3n) is 2.93. The largest absolute Gasteiger partial charge is 0.368 e. The fourth-order valence-electron chi connectivity index (χ4n) is 2.01. The van der Waals surface area contributed by atoms with Gasteiger partial charge in [0.15, 0.2) is 0 Å². The zero-order valence-corrected chi connectivity index (χ0v) is 10.5. The van der Waals surface area contributed by atoms with Crippen LogP contribution in [0.2, 0.25) is 0 Å². The molecule has 1 fully saturated rings. The molecule has 5 heteroatoms. The molecule has 0 radical (unpaired) electrons. The van der Waals surface area contributed by atoms with Crippen molar-refractivity contribution < 1.29 is 4.74 Å². The maximum Gasteiger partial charge on any atom is 0.137 e. The average molecular weight is 249 g/mol. The van der Waals surface area contributed by atoms with Crippen molar-refractivity contribution in [1.29, 1.82) is 0 Å². The molecule has 3 heterocycles. The highest BCUT2D eigenvalue weighted by Crippen LogP contribution is 2.28. The predicted octanol–water partition coefficient (Wildman–Crippen LogP) is 2.11. The summed E-state index contributed by atoms with van der Waals surface area (Å²) in [6.07, 6.45) is 1.95. The number of aromatic amines is 1. The highest BCUT2D eigenvalue weighted by atomic mass is 32.1. The quantitative estimate of drug-likeness (QED) is 0.857. The first kappa shape index (κ1) is 11.0. The number of rotatable bonds is 2. The third-order valence-corrected chi connectivity index (χ3v) is 3.98. The summed E-state index contributed by atoms with van der Waals surface area (Å²) in [5.74, 6) is 0.917. The topological polar surface area (TPSA) is 49.9 Å². The standard InChI is InChI=1S/C12H15N3OS/c1-8-2-5-17-11(8)9-6-14-12(15-9)10-7-13-3-4-16-10/h2,5-6,10,13H,3-4,7H2,1H3,(H,14,15). The minimum atomic E-state index is 0.0535. The Morgan fingerprint density at radius 2 is 2.47 bits per heavy atom. The van der Waals surface area contributed by atoms with Crippen LogP contribution < -0.4 is 5.32 Å². The number of hydrogen-bond donors (Lipinski definition) is 2. The number of aryl methyl sites for hydroxylation is 1. The molecule has 0 amide bonds. The van der Waals surface area contributed by atoms with Crippen molar-refractivity contribution in [1.82, 2.24) is 15.3 Å². The number of H-pyrrole nitrogens is 1. The summed E-state index contributed by atoms with van der Waals surface area (Å²) in [6.45, 7) is 4.62. The summed E-state index contributed by atoms with van der Waals surface area (Å²) in [4.78, 5) is 9.04. The van der Waals surface area contributed by atoms with Crippen LogP contribution in [0.3, 0.4) is 0 Å². The van der Waals surface area contributed by atoms with Crippen LogP contribution in [0.15, 0.2) is 17.6 Å². The lowest BCUT2D eigenvalue weighted by Crippen LogP contribution is -2.33. The first-order chi connectivity index (χ1) is 8.34. The molecule has 1 unspecified atom stereocenters. The number of hydrogen-bond acceptors (Lipinski definition) is 4. The zero-order valence-electron chi connectivity index (χ0n) is 9.69. The Hall–Kier alpha value is -1.17. The van der Waals surface area contributed by atoms with Gasteiger partial charge >= 0.3 is 0 Å². The molecule has 1 atom stereocenters. The molecule has 0 spiro atoms. The molecule has 0 bridgehead atoms. The van der Waals surface area contributed by atoms with Gasteiger partial charge in [0.1, 0.15) is 11.9 Å². The summed E-state index contributed by atoms with van der Waals surface area (Å²) in [7, 11) is 0. The van der Waals surface area contributed by atoms with Crippen molar-refractivity contribution in [3.63, 3.8) is 0 Å². The summed E-state index contributed by atoms with van der Waals surface area (Å²) >= 11 is 1.73. The van der Waals surface area contributed by atoms with E-state index in [1.807, 2.05) is 6.20 Å². The highest BCUT2D eigenvalue weighted by Gasteiger charge is 2.19. The van der Waals surface area contributed by atoms with Crippen LogP contribution in [0.25, 0.3) is 10.6 Å². The lowest BCUT2D eigenvalue weighted by molar-refractivity contribution is 0.0227. The third kappa shape index (κ3) is 2.13. The molecule has 0 aliphatic carbocycles. The van der Waals surface area contributed by atoms with Crippen molar-refractivity contribution in [2.75, 3.05) is 19.7 Å². The summed E-state index contributed by atoms with van der Waals surface area (Å²) < 4.78 is 5.67. The average Bonchev–Trinajstić information content (AvgIpc) is 2.98. The number of aromatic nitrogens is 2. The lowest BCUT2D eigenvalue weighted by atomic mass is 10.2. The van der Waals surface area contributed by atoms with Crippen molar-refractivity contribution >= 4 is 11.3 Å². The fraction of sp³-hybridized carbons (Fsp3) is 0.417. The van der Waals surface area contributed by atoms with Gasteiger partial charge in [0, 0.05) is 13.1 Å². The van der Waals surface area contributed by atoms with Gasteiger partial charge in [0.25, 0.3) is 0 Å². The molecule has 17 heavy (non-hydrogen) atoms. The molecule has 4 nitrogen and oxygen atoms in total. The van der Waals surface area contributed by atoms with Crippen molar-refractivity contribution in [2.45, 2.75) is 13.0 Å². The van der Waals surface area contributed by atoms with Crippen LogP contribution in [0, 0.1) is 6.92 Å². The van der Waals surface area contributed by atoms with Gasteiger partial charge in [-0.05, 0) is 23.9 Å². The van der Waals surface area contributed by atoms with Gasteiger partial charge in [0.2, 0.25) is 0 Å². The zero-order chi connectivity index (χ0) is 11.7. The van der Waals surface area contributed by atoms with Gasteiger partial charge in [-0.2, -0.15) is 0 Å². The van der Waals surface area contributed by atoms with Gasteiger partial charge in [-0.1, -0.05) is 0 Å². The van der Waals surface area contributed by atoms with Gasteiger partial charge in [-0.3, -0.25) is 0 Å². The maximum absolute atomic E-state index is 5.67. The molecule has 1 aliphatic heterocycles. The number of ether oxygens (including phenoxy) is 1. The number of morpholine rings is 1. The van der Waals surface area contributed by atoms with Crippen LogP contribution in [0.1, 0.15) is 17.5 Å². The van der Waals surface area contributed by atoms with E-state index in [0.717, 1.165) is 31.2 Å². The molecule has 1 saturated heterocycles. The molecule has 1 aliphatic rings. The molecule has 90 valence electrons. The Morgan fingerprint density at radius 1 is 1.53 bits per heavy atom. The van der Waals surface area contributed by atoms with Crippen molar-refractivity contribution in [3.05, 3.63) is 29.0 Å². The number of nitrogens with zero attached hydrogens (tertiary/aromatic N) is 1. The lowest BCUT2D eigenvalue weighted by Gasteiger charge is -2.21. The molecule has 2 aromatic heterocycles. The van der Waals surface area contributed by atoms with Crippen LogP contribution in [0.4, 0.5) is 0 Å². The van der Waals surface area contributed by atoms with Crippen LogP contribution in [0.5, 0.6) is 0 Å². The number of nitrogens with one attached hydrogen (secondary N) is 2. The van der Waals surface area contributed by atoms with Crippen LogP contribution in [-0.2, 0) is 4.74 Å². The van der Waals surface area contributed by atoms with E-state index in [-0.39, 0.29) is 6.10 Å². The van der Waals surface area contributed by atoms with Crippen molar-refractivity contribution in [3.8, 4) is 10.6 Å². The van der Waals surface area contributed by atoms with E-state index >= 15 is 0 Å². The molecule has 0 saturated carbocycles. The Bertz CT molecular complexity index is 499. The van der Waals surface area contributed by atoms with Gasteiger partial charge in [-0.15, -0.1) is 11.3 Å². The number of thiophene rings is 1. The smallest absolute Gasteiger partial charge is 0.137 e. The maximum atomic E-state index is 5.67. The molecule has 2 N–H and O–H groups in total. The second-order valence-electron chi connectivity index (χ2n) is 4.18. The number of imidazole rings is 1. The Kier molecular flexibility index (Phi) is 2.96. The summed E-state index contributed by atoms with van der Waals surface area (Å²) in [5, 5.41) is 5.41.